The molecule has 0 saturated carbocycles. The van der Waals surface area contributed by atoms with E-state index in [2.05, 4.69) is 69.5 Å². The molecule has 0 atom stereocenters. The van der Waals surface area contributed by atoms with Crippen molar-refractivity contribution in [3.8, 4) is 0 Å². The minimum atomic E-state index is 1.22. The monoisotopic (exact) mass is 474 g/mol. The lowest BCUT2D eigenvalue weighted by Gasteiger charge is -2.13. The van der Waals surface area contributed by atoms with Crippen molar-refractivity contribution in [3.63, 3.8) is 0 Å². The van der Waals surface area contributed by atoms with Crippen molar-refractivity contribution < 1.29 is 0 Å². The Labute approximate surface area is 132 Å². The van der Waals surface area contributed by atoms with E-state index in [9.17, 15) is 0 Å². The van der Waals surface area contributed by atoms with Crippen molar-refractivity contribution in [2.24, 2.45) is 0 Å². The summed E-state index contributed by atoms with van der Waals surface area (Å²) in [5.74, 6) is 0. The van der Waals surface area contributed by atoms with E-state index >= 15 is 0 Å². The summed E-state index contributed by atoms with van der Waals surface area (Å²) in [6.45, 7) is 0. The van der Waals surface area contributed by atoms with Crippen LogP contribution in [0, 0.1) is 0 Å². The summed E-state index contributed by atoms with van der Waals surface area (Å²) in [4.78, 5) is 3.02. The van der Waals surface area contributed by atoms with Gasteiger partial charge in [-0.1, -0.05) is 45.9 Å². The molecule has 0 amide bonds. The van der Waals surface area contributed by atoms with Crippen molar-refractivity contribution in [1.82, 2.24) is 0 Å². The fourth-order valence-electron chi connectivity index (χ4n) is 1.43. The second kappa shape index (κ2) is 6.89. The van der Waals surface area contributed by atoms with Crippen molar-refractivity contribution in [2.45, 2.75) is 25.7 Å². The number of hydrogen-bond acceptors (Lipinski definition) is 2. The Hall–Kier alpha value is 1.12. The van der Waals surface area contributed by atoms with E-state index in [1.807, 2.05) is 21.6 Å². The molecular weight excluding hydrogens is 462 g/mol. The van der Waals surface area contributed by atoms with E-state index in [1.165, 1.54) is 42.7 Å². The third-order valence-electron chi connectivity index (χ3n) is 2.38. The minimum Gasteiger partial charge on any atom is -0.0573 e. The third-order valence-corrected chi connectivity index (χ3v) is 6.90. The van der Waals surface area contributed by atoms with Crippen LogP contribution < -0.4 is 0 Å². The van der Waals surface area contributed by atoms with Gasteiger partial charge >= 0.3 is 0 Å². The maximum Gasteiger partial charge on any atom is -0.00349 e. The van der Waals surface area contributed by atoms with Crippen molar-refractivity contribution in [2.75, 3.05) is 0 Å². The predicted octanol–water partition coefficient (Wildman–Crippen LogP) is 6.36. The summed E-state index contributed by atoms with van der Waals surface area (Å²) in [5, 5.41) is 0. The van der Waals surface area contributed by atoms with Crippen LogP contribution in [0.1, 0.15) is 25.7 Å². The van der Waals surface area contributed by atoms with Crippen LogP contribution in [-0.2, 0) is 0 Å². The molecule has 0 heterocycles. The zero-order valence-corrected chi connectivity index (χ0v) is 14.7. The molecule has 0 fully saturated rings. The van der Waals surface area contributed by atoms with E-state index in [1.54, 1.807) is 0 Å². The predicted molar refractivity (Wildman–Crippen MR) is 94.0 cm³/mol. The zero-order valence-electron chi connectivity index (χ0n) is 8.71. The molecule has 2 rings (SSSR count). The Morgan fingerprint density at radius 1 is 0.688 bits per heavy atom. The van der Waals surface area contributed by atoms with Gasteiger partial charge in [-0.25, -0.2) is 0 Å². The van der Waals surface area contributed by atoms with Crippen LogP contribution in [0.4, 0.5) is 0 Å². The molecule has 0 unspecified atom stereocenters. The highest BCUT2D eigenvalue weighted by Gasteiger charge is 2.09. The number of halogens is 2. The Kier molecular flexibility index (Phi) is 5.84. The summed E-state index contributed by atoms with van der Waals surface area (Å²) >= 11 is 4.84. The van der Waals surface area contributed by atoms with Crippen molar-refractivity contribution >= 4 is 66.8 Å². The second-order valence-electron chi connectivity index (χ2n) is 3.66. The van der Waals surface area contributed by atoms with Gasteiger partial charge in [0.05, 0.1) is 0 Å². The molecule has 0 N–H and O–H groups in total. The molecule has 0 aromatic rings. The largest absolute Gasteiger partial charge is 0.0573 e. The van der Waals surface area contributed by atoms with Crippen LogP contribution >= 0.6 is 66.8 Å². The fourth-order valence-corrected chi connectivity index (χ4v) is 4.64. The minimum absolute atomic E-state index is 1.22. The molecule has 0 nitrogen and oxygen atoms in total. The smallest absolute Gasteiger partial charge is 0.00349 e. The first-order valence-electron chi connectivity index (χ1n) is 5.19. The number of allylic oxidation sites excluding steroid dienone is 8. The van der Waals surface area contributed by atoms with Gasteiger partial charge in [0.15, 0.2) is 0 Å². The lowest BCUT2D eigenvalue weighted by atomic mass is 10.2. The SMILES string of the molecule is IC1=CC=C(SSC2=CC=C(I)CC2)CC1. The lowest BCUT2D eigenvalue weighted by Crippen LogP contribution is -1.86. The Morgan fingerprint density at radius 2 is 1.12 bits per heavy atom. The molecule has 2 aliphatic rings. The van der Waals surface area contributed by atoms with Crippen LogP contribution in [-0.4, -0.2) is 0 Å². The summed E-state index contributed by atoms with van der Waals surface area (Å²) in [6.07, 6.45) is 13.9. The molecule has 4 heteroatoms. The summed E-state index contributed by atoms with van der Waals surface area (Å²) < 4.78 is 2.95. The molecule has 0 radical (unpaired) electrons. The van der Waals surface area contributed by atoms with Gasteiger partial charge in [-0.05, 0) is 87.8 Å². The summed E-state index contributed by atoms with van der Waals surface area (Å²) in [7, 11) is 3.87. The van der Waals surface area contributed by atoms with Gasteiger partial charge in [-0.3, -0.25) is 0 Å². The highest BCUT2D eigenvalue weighted by molar-refractivity contribution is 14.1. The topological polar surface area (TPSA) is 0 Å². The molecule has 0 bridgehead atoms. The third kappa shape index (κ3) is 4.42. The fraction of sp³-hybridized carbons (Fsp3) is 0.333. The molecule has 0 aliphatic heterocycles. The van der Waals surface area contributed by atoms with E-state index < -0.39 is 0 Å². The van der Waals surface area contributed by atoms with Crippen molar-refractivity contribution in [3.05, 3.63) is 41.3 Å². The molecule has 86 valence electrons. The van der Waals surface area contributed by atoms with Gasteiger partial charge < -0.3 is 0 Å². The zero-order chi connectivity index (χ0) is 11.4. The quantitative estimate of drug-likeness (QED) is 0.345. The van der Waals surface area contributed by atoms with Gasteiger partial charge in [0.2, 0.25) is 0 Å². The van der Waals surface area contributed by atoms with E-state index in [4.69, 9.17) is 0 Å². The van der Waals surface area contributed by atoms with E-state index in [-0.39, 0.29) is 0 Å². The van der Waals surface area contributed by atoms with Crippen LogP contribution in [0.2, 0.25) is 0 Å². The normalized spacial score (nSPS) is 20.9. The number of rotatable bonds is 3. The van der Waals surface area contributed by atoms with Gasteiger partial charge in [0, 0.05) is 0 Å². The highest BCUT2D eigenvalue weighted by atomic mass is 127. The van der Waals surface area contributed by atoms with Gasteiger partial charge in [0.25, 0.3) is 0 Å². The maximum atomic E-state index is 2.42. The first-order valence-corrected chi connectivity index (χ1v) is 9.50. The van der Waals surface area contributed by atoms with E-state index in [0.717, 1.165) is 0 Å². The summed E-state index contributed by atoms with van der Waals surface area (Å²) in [5.41, 5.74) is 0. The van der Waals surface area contributed by atoms with Crippen molar-refractivity contribution in [1.29, 1.82) is 0 Å². The van der Waals surface area contributed by atoms with Crippen LogP contribution in [0.5, 0.6) is 0 Å². The first kappa shape index (κ1) is 13.5. The molecule has 0 spiro atoms. The highest BCUT2D eigenvalue weighted by Crippen LogP contribution is 2.43. The molecular formula is C12H12I2S2. The van der Waals surface area contributed by atoms with Gasteiger partial charge in [0.1, 0.15) is 0 Å². The average molecular weight is 474 g/mol. The second-order valence-corrected chi connectivity index (χ2v) is 8.81. The van der Waals surface area contributed by atoms with Gasteiger partial charge in [-0.15, -0.1) is 0 Å². The standard InChI is InChI=1S/C12H12I2S2/c13-9-1-5-11(6-2-9)15-16-12-7-3-10(14)4-8-12/h1,3,5,7H,2,4,6,8H2. The average Bonchev–Trinajstić information content (AvgIpc) is 2.30. The molecule has 2 aliphatic carbocycles. The van der Waals surface area contributed by atoms with Crippen LogP contribution in [0.15, 0.2) is 41.3 Å². The van der Waals surface area contributed by atoms with Gasteiger partial charge in [-0.2, -0.15) is 0 Å². The Morgan fingerprint density at radius 3 is 1.44 bits per heavy atom. The Balaban J connectivity index is 1.84. The lowest BCUT2D eigenvalue weighted by molar-refractivity contribution is 1.01. The summed E-state index contributed by atoms with van der Waals surface area (Å²) in [6, 6.07) is 0. The van der Waals surface area contributed by atoms with Crippen LogP contribution in [0.3, 0.4) is 0 Å². The molecule has 0 saturated heterocycles. The molecule has 0 aromatic heterocycles. The van der Waals surface area contributed by atoms with Crippen LogP contribution in [0.25, 0.3) is 0 Å². The Bertz CT molecular complexity index is 354. The molecule has 16 heavy (non-hydrogen) atoms. The van der Waals surface area contributed by atoms with E-state index in [0.29, 0.717) is 0 Å². The maximum absolute atomic E-state index is 2.42. The molecule has 0 aromatic carbocycles. The number of hydrogen-bond donors (Lipinski definition) is 0. The first-order chi connectivity index (χ1) is 7.74.